The van der Waals surface area contributed by atoms with Gasteiger partial charge in [-0.15, -0.1) is 12.4 Å². The fraction of sp³-hybridized carbons (Fsp3) is 0.533. The van der Waals surface area contributed by atoms with Crippen molar-refractivity contribution in [2.24, 2.45) is 5.73 Å². The summed E-state index contributed by atoms with van der Waals surface area (Å²) in [5.41, 5.74) is 5.78. The SMILES string of the molecule is CCCOc1ccc(OCC(=O)N2CC[C@@H](N)C2)cc1.Cl. The van der Waals surface area contributed by atoms with Crippen molar-refractivity contribution >= 4 is 18.3 Å². The van der Waals surface area contributed by atoms with Crippen LogP contribution in [0.3, 0.4) is 0 Å². The largest absolute Gasteiger partial charge is 0.494 e. The molecule has 0 saturated carbocycles. The predicted octanol–water partition coefficient (Wildman–Crippen LogP) is 1.84. The summed E-state index contributed by atoms with van der Waals surface area (Å²) in [4.78, 5) is 13.6. The van der Waals surface area contributed by atoms with Gasteiger partial charge in [0.1, 0.15) is 11.5 Å². The first-order valence-electron chi connectivity index (χ1n) is 7.08. The monoisotopic (exact) mass is 314 g/mol. The van der Waals surface area contributed by atoms with Crippen molar-refractivity contribution in [3.63, 3.8) is 0 Å². The van der Waals surface area contributed by atoms with Gasteiger partial charge >= 0.3 is 0 Å². The summed E-state index contributed by atoms with van der Waals surface area (Å²) in [6.45, 7) is 4.18. The number of carbonyl (C=O) groups excluding carboxylic acids is 1. The van der Waals surface area contributed by atoms with Crippen molar-refractivity contribution in [1.82, 2.24) is 4.90 Å². The summed E-state index contributed by atoms with van der Waals surface area (Å²) in [6.07, 6.45) is 1.85. The number of ether oxygens (including phenoxy) is 2. The van der Waals surface area contributed by atoms with Crippen molar-refractivity contribution in [2.75, 3.05) is 26.3 Å². The van der Waals surface area contributed by atoms with Crippen LogP contribution in [0.15, 0.2) is 24.3 Å². The topological polar surface area (TPSA) is 64.8 Å². The van der Waals surface area contributed by atoms with Gasteiger partial charge in [-0.3, -0.25) is 4.79 Å². The standard InChI is InChI=1S/C15H22N2O3.ClH/c1-2-9-19-13-3-5-14(6-4-13)20-11-15(18)17-8-7-12(16)10-17;/h3-6,12H,2,7-11,16H2,1H3;1H/t12-;/m1./s1. The molecule has 1 amide bonds. The smallest absolute Gasteiger partial charge is 0.260 e. The van der Waals surface area contributed by atoms with Crippen molar-refractivity contribution in [3.8, 4) is 11.5 Å². The highest BCUT2D eigenvalue weighted by Gasteiger charge is 2.23. The lowest BCUT2D eigenvalue weighted by Gasteiger charge is -2.16. The fourth-order valence-corrected chi connectivity index (χ4v) is 2.10. The zero-order valence-corrected chi connectivity index (χ0v) is 13.1. The summed E-state index contributed by atoms with van der Waals surface area (Å²) in [5, 5.41) is 0. The van der Waals surface area contributed by atoms with Crippen LogP contribution in [0, 0.1) is 0 Å². The molecule has 2 rings (SSSR count). The van der Waals surface area contributed by atoms with Gasteiger partial charge in [-0.25, -0.2) is 0 Å². The van der Waals surface area contributed by atoms with E-state index in [0.29, 0.717) is 18.9 Å². The van der Waals surface area contributed by atoms with Crippen molar-refractivity contribution < 1.29 is 14.3 Å². The third kappa shape index (κ3) is 5.44. The molecular weight excluding hydrogens is 292 g/mol. The van der Waals surface area contributed by atoms with Gasteiger partial charge in [0.25, 0.3) is 5.91 Å². The van der Waals surface area contributed by atoms with Crippen molar-refractivity contribution in [2.45, 2.75) is 25.8 Å². The lowest BCUT2D eigenvalue weighted by atomic mass is 10.3. The molecule has 21 heavy (non-hydrogen) atoms. The summed E-state index contributed by atoms with van der Waals surface area (Å²) in [7, 11) is 0. The number of nitrogens with zero attached hydrogens (tertiary/aromatic N) is 1. The second-order valence-corrected chi connectivity index (χ2v) is 5.00. The van der Waals surface area contributed by atoms with Crippen LogP contribution in [0.5, 0.6) is 11.5 Å². The van der Waals surface area contributed by atoms with Crippen LogP contribution in [-0.2, 0) is 4.79 Å². The zero-order chi connectivity index (χ0) is 14.4. The van der Waals surface area contributed by atoms with E-state index < -0.39 is 0 Å². The molecule has 1 aromatic rings. The third-order valence-corrected chi connectivity index (χ3v) is 3.24. The molecular formula is C15H23ClN2O3. The zero-order valence-electron chi connectivity index (χ0n) is 12.3. The van der Waals surface area contributed by atoms with Crippen LogP contribution < -0.4 is 15.2 Å². The molecule has 1 aliphatic heterocycles. The maximum Gasteiger partial charge on any atom is 0.260 e. The molecule has 1 atom stereocenters. The van der Waals surface area contributed by atoms with Crippen LogP contribution in [-0.4, -0.2) is 43.2 Å². The summed E-state index contributed by atoms with van der Waals surface area (Å²) in [6, 6.07) is 7.43. The predicted molar refractivity (Wildman–Crippen MR) is 84.1 cm³/mol. The van der Waals surface area contributed by atoms with Crippen molar-refractivity contribution in [1.29, 1.82) is 0 Å². The highest BCUT2D eigenvalue weighted by Crippen LogP contribution is 2.18. The first-order valence-corrected chi connectivity index (χ1v) is 7.08. The maximum atomic E-state index is 11.9. The molecule has 6 heteroatoms. The molecule has 2 N–H and O–H groups in total. The van der Waals surface area contributed by atoms with Gasteiger partial charge < -0.3 is 20.1 Å². The molecule has 0 aliphatic carbocycles. The summed E-state index contributed by atoms with van der Waals surface area (Å²) >= 11 is 0. The van der Waals surface area contributed by atoms with Gasteiger partial charge in [-0.05, 0) is 37.1 Å². The molecule has 0 radical (unpaired) electrons. The molecule has 118 valence electrons. The number of hydrogen-bond acceptors (Lipinski definition) is 4. The van der Waals surface area contributed by atoms with E-state index in [9.17, 15) is 4.79 Å². The average molecular weight is 315 g/mol. The van der Waals surface area contributed by atoms with Crippen LogP contribution in [0.2, 0.25) is 0 Å². The van der Waals surface area contributed by atoms with E-state index in [0.717, 1.165) is 25.1 Å². The Bertz CT molecular complexity index is 439. The van der Waals surface area contributed by atoms with Gasteiger partial charge in [-0.1, -0.05) is 6.92 Å². The number of likely N-dealkylation sites (tertiary alicyclic amines) is 1. The van der Waals surface area contributed by atoms with E-state index in [1.165, 1.54) is 0 Å². The Morgan fingerprint density at radius 2 is 1.90 bits per heavy atom. The Morgan fingerprint density at radius 3 is 2.43 bits per heavy atom. The number of nitrogens with two attached hydrogens (primary N) is 1. The number of rotatable bonds is 6. The molecule has 5 nitrogen and oxygen atoms in total. The molecule has 0 bridgehead atoms. The Morgan fingerprint density at radius 1 is 1.29 bits per heavy atom. The quantitative estimate of drug-likeness (QED) is 0.870. The fourth-order valence-electron chi connectivity index (χ4n) is 2.10. The first kappa shape index (κ1) is 17.6. The average Bonchev–Trinajstić information content (AvgIpc) is 2.90. The number of halogens is 1. The Balaban J connectivity index is 0.00000220. The number of benzene rings is 1. The molecule has 1 fully saturated rings. The third-order valence-electron chi connectivity index (χ3n) is 3.24. The summed E-state index contributed by atoms with van der Waals surface area (Å²) < 4.78 is 11.0. The van der Waals surface area contributed by atoms with E-state index in [-0.39, 0.29) is 31.0 Å². The van der Waals surface area contributed by atoms with Crippen molar-refractivity contribution in [3.05, 3.63) is 24.3 Å². The number of amides is 1. The van der Waals surface area contributed by atoms with E-state index in [1.807, 2.05) is 24.3 Å². The van der Waals surface area contributed by atoms with Gasteiger partial charge in [-0.2, -0.15) is 0 Å². The second-order valence-electron chi connectivity index (χ2n) is 5.00. The van der Waals surface area contributed by atoms with E-state index >= 15 is 0 Å². The van der Waals surface area contributed by atoms with Crippen LogP contribution in [0.4, 0.5) is 0 Å². The highest BCUT2D eigenvalue weighted by molar-refractivity contribution is 5.85. The van der Waals surface area contributed by atoms with Crippen LogP contribution >= 0.6 is 12.4 Å². The number of carbonyl (C=O) groups is 1. The minimum atomic E-state index is -0.00994. The van der Waals surface area contributed by atoms with E-state index in [4.69, 9.17) is 15.2 Å². The van der Waals surface area contributed by atoms with Crippen LogP contribution in [0.25, 0.3) is 0 Å². The molecule has 1 aromatic carbocycles. The van der Waals surface area contributed by atoms with Crippen LogP contribution in [0.1, 0.15) is 19.8 Å². The normalized spacial score (nSPS) is 17.2. The van der Waals surface area contributed by atoms with Gasteiger partial charge in [0.05, 0.1) is 6.61 Å². The Kier molecular flexibility index (Phi) is 7.32. The maximum absolute atomic E-state index is 11.9. The van der Waals surface area contributed by atoms with Gasteiger partial charge in [0.15, 0.2) is 6.61 Å². The van der Waals surface area contributed by atoms with Gasteiger partial charge in [0.2, 0.25) is 0 Å². The molecule has 1 aliphatic rings. The minimum absolute atomic E-state index is 0. The minimum Gasteiger partial charge on any atom is -0.494 e. The highest BCUT2D eigenvalue weighted by atomic mass is 35.5. The molecule has 0 aromatic heterocycles. The molecule has 1 heterocycles. The summed E-state index contributed by atoms with van der Waals surface area (Å²) in [5.74, 6) is 1.48. The second kappa shape index (κ2) is 8.74. The lowest BCUT2D eigenvalue weighted by Crippen LogP contribution is -2.35. The van der Waals surface area contributed by atoms with E-state index in [2.05, 4.69) is 6.92 Å². The van der Waals surface area contributed by atoms with Gasteiger partial charge in [0, 0.05) is 19.1 Å². The first-order chi connectivity index (χ1) is 9.69. The Labute approximate surface area is 131 Å². The lowest BCUT2D eigenvalue weighted by molar-refractivity contribution is -0.132. The van der Waals surface area contributed by atoms with E-state index in [1.54, 1.807) is 4.90 Å². The number of hydrogen-bond donors (Lipinski definition) is 1. The molecule has 1 saturated heterocycles. The molecule has 0 unspecified atom stereocenters. The Hall–Kier alpha value is -1.46. The molecule has 0 spiro atoms.